The van der Waals surface area contributed by atoms with Crippen LogP contribution in [0.25, 0.3) is 0 Å². The molecular weight excluding hydrogens is 351 g/mol. The fraction of sp³-hybridized carbons (Fsp3) is 0.286. The SMILES string of the molecule is CCCNc1ncnc(Nc2ccc(I)cc2)c1C. The molecule has 0 spiro atoms. The number of hydrogen-bond acceptors (Lipinski definition) is 4. The van der Waals surface area contributed by atoms with Crippen LogP contribution in [-0.4, -0.2) is 16.5 Å². The summed E-state index contributed by atoms with van der Waals surface area (Å²) in [5.41, 5.74) is 2.07. The van der Waals surface area contributed by atoms with Crippen molar-refractivity contribution in [3.8, 4) is 0 Å². The van der Waals surface area contributed by atoms with Gasteiger partial charge in [0.25, 0.3) is 0 Å². The quantitative estimate of drug-likeness (QED) is 0.785. The van der Waals surface area contributed by atoms with Gasteiger partial charge in [-0.05, 0) is 60.2 Å². The molecule has 1 aromatic carbocycles. The molecule has 0 amide bonds. The van der Waals surface area contributed by atoms with Crippen molar-refractivity contribution in [3.63, 3.8) is 0 Å². The molecule has 0 radical (unpaired) electrons. The van der Waals surface area contributed by atoms with Crippen molar-refractivity contribution in [2.24, 2.45) is 0 Å². The molecule has 0 aliphatic rings. The minimum atomic E-state index is 0.842. The second-order valence-corrected chi connectivity index (χ2v) is 5.50. The molecule has 2 aromatic rings. The van der Waals surface area contributed by atoms with Crippen molar-refractivity contribution in [2.75, 3.05) is 17.2 Å². The summed E-state index contributed by atoms with van der Waals surface area (Å²) in [7, 11) is 0. The maximum atomic E-state index is 4.30. The Morgan fingerprint density at radius 2 is 1.79 bits per heavy atom. The van der Waals surface area contributed by atoms with E-state index in [1.807, 2.05) is 19.1 Å². The molecule has 0 unspecified atom stereocenters. The van der Waals surface area contributed by atoms with Crippen molar-refractivity contribution < 1.29 is 0 Å². The van der Waals surface area contributed by atoms with Crippen LogP contribution in [0, 0.1) is 10.5 Å². The Morgan fingerprint density at radius 1 is 1.11 bits per heavy atom. The lowest BCUT2D eigenvalue weighted by Crippen LogP contribution is -2.06. The molecule has 19 heavy (non-hydrogen) atoms. The highest BCUT2D eigenvalue weighted by Crippen LogP contribution is 2.22. The van der Waals surface area contributed by atoms with Crippen molar-refractivity contribution in [3.05, 3.63) is 39.7 Å². The van der Waals surface area contributed by atoms with Crippen LogP contribution < -0.4 is 10.6 Å². The van der Waals surface area contributed by atoms with Gasteiger partial charge in [-0.1, -0.05) is 6.92 Å². The lowest BCUT2D eigenvalue weighted by Gasteiger charge is -2.12. The highest BCUT2D eigenvalue weighted by molar-refractivity contribution is 14.1. The predicted molar refractivity (Wildman–Crippen MR) is 88.0 cm³/mol. The Hall–Kier alpha value is -1.37. The van der Waals surface area contributed by atoms with E-state index < -0.39 is 0 Å². The molecule has 0 bridgehead atoms. The first-order chi connectivity index (χ1) is 9.20. The van der Waals surface area contributed by atoms with Gasteiger partial charge in [-0.15, -0.1) is 0 Å². The molecule has 1 aromatic heterocycles. The first kappa shape index (κ1) is 14.0. The molecule has 5 heteroatoms. The normalized spacial score (nSPS) is 10.3. The number of nitrogens with zero attached hydrogens (tertiary/aromatic N) is 2. The third-order valence-electron chi connectivity index (χ3n) is 2.73. The van der Waals surface area contributed by atoms with Crippen LogP contribution in [-0.2, 0) is 0 Å². The Bertz CT molecular complexity index is 540. The summed E-state index contributed by atoms with van der Waals surface area (Å²) >= 11 is 2.29. The smallest absolute Gasteiger partial charge is 0.138 e. The Morgan fingerprint density at radius 3 is 2.47 bits per heavy atom. The Kier molecular flexibility index (Phi) is 4.95. The first-order valence-electron chi connectivity index (χ1n) is 6.28. The van der Waals surface area contributed by atoms with Crippen molar-refractivity contribution in [2.45, 2.75) is 20.3 Å². The number of benzene rings is 1. The molecule has 0 fully saturated rings. The largest absolute Gasteiger partial charge is 0.370 e. The summed E-state index contributed by atoms with van der Waals surface area (Å²) in [5.74, 6) is 1.74. The second-order valence-electron chi connectivity index (χ2n) is 4.25. The second kappa shape index (κ2) is 6.70. The van der Waals surface area contributed by atoms with E-state index in [0.717, 1.165) is 35.9 Å². The summed E-state index contributed by atoms with van der Waals surface area (Å²) in [6.07, 6.45) is 2.66. The zero-order chi connectivity index (χ0) is 13.7. The van der Waals surface area contributed by atoms with Gasteiger partial charge in [-0.2, -0.15) is 0 Å². The molecule has 100 valence electrons. The van der Waals surface area contributed by atoms with Gasteiger partial charge in [0, 0.05) is 21.4 Å². The predicted octanol–water partition coefficient (Wildman–Crippen LogP) is 3.96. The molecule has 0 saturated heterocycles. The maximum absolute atomic E-state index is 4.30. The Labute approximate surface area is 127 Å². The first-order valence-corrected chi connectivity index (χ1v) is 7.36. The van der Waals surface area contributed by atoms with Crippen LogP contribution in [0.15, 0.2) is 30.6 Å². The van der Waals surface area contributed by atoms with Crippen LogP contribution >= 0.6 is 22.6 Å². The fourth-order valence-electron chi connectivity index (χ4n) is 1.67. The molecule has 2 N–H and O–H groups in total. The van der Waals surface area contributed by atoms with Crippen LogP contribution in [0.4, 0.5) is 17.3 Å². The monoisotopic (exact) mass is 368 g/mol. The third kappa shape index (κ3) is 3.79. The summed E-state index contributed by atoms with van der Waals surface area (Å²) in [4.78, 5) is 8.57. The van der Waals surface area contributed by atoms with Crippen LogP contribution in [0.2, 0.25) is 0 Å². The number of hydrogen-bond donors (Lipinski definition) is 2. The van der Waals surface area contributed by atoms with Crippen LogP contribution in [0.1, 0.15) is 18.9 Å². The van der Waals surface area contributed by atoms with Gasteiger partial charge in [-0.25, -0.2) is 9.97 Å². The van der Waals surface area contributed by atoms with E-state index in [4.69, 9.17) is 0 Å². The fourth-order valence-corrected chi connectivity index (χ4v) is 2.03. The summed E-state index contributed by atoms with van der Waals surface area (Å²) < 4.78 is 1.22. The molecule has 0 atom stereocenters. The molecule has 4 nitrogen and oxygen atoms in total. The summed E-state index contributed by atoms with van der Waals surface area (Å²) in [5, 5.41) is 6.63. The molecule has 0 saturated carbocycles. The number of rotatable bonds is 5. The Balaban J connectivity index is 2.18. The van der Waals surface area contributed by atoms with E-state index in [-0.39, 0.29) is 0 Å². The standard InChI is InChI=1S/C14H17IN4/c1-3-8-16-13-10(2)14(18-9-17-13)19-12-6-4-11(15)5-7-12/h4-7,9H,3,8H2,1-2H3,(H2,16,17,18,19). The lowest BCUT2D eigenvalue weighted by atomic mass is 10.2. The van der Waals surface area contributed by atoms with Gasteiger partial charge < -0.3 is 10.6 Å². The highest BCUT2D eigenvalue weighted by Gasteiger charge is 2.06. The van der Waals surface area contributed by atoms with E-state index in [1.54, 1.807) is 6.33 Å². The average Bonchev–Trinajstić information content (AvgIpc) is 2.42. The zero-order valence-corrected chi connectivity index (χ0v) is 13.2. The minimum absolute atomic E-state index is 0.842. The van der Waals surface area contributed by atoms with Crippen molar-refractivity contribution in [1.82, 2.24) is 9.97 Å². The molecule has 0 aliphatic heterocycles. The lowest BCUT2D eigenvalue weighted by molar-refractivity contribution is 0.960. The van der Waals surface area contributed by atoms with Crippen molar-refractivity contribution >= 4 is 39.9 Å². The van der Waals surface area contributed by atoms with E-state index in [9.17, 15) is 0 Å². The number of anilines is 3. The van der Waals surface area contributed by atoms with Crippen LogP contribution in [0.5, 0.6) is 0 Å². The molecule has 1 heterocycles. The van der Waals surface area contributed by atoms with Gasteiger partial charge in [0.2, 0.25) is 0 Å². The molecule has 0 aliphatic carbocycles. The maximum Gasteiger partial charge on any atom is 0.138 e. The van der Waals surface area contributed by atoms with Gasteiger partial charge >= 0.3 is 0 Å². The summed E-state index contributed by atoms with van der Waals surface area (Å²) in [6.45, 7) is 5.07. The van der Waals surface area contributed by atoms with E-state index >= 15 is 0 Å². The van der Waals surface area contributed by atoms with E-state index in [0.29, 0.717) is 0 Å². The number of aromatic nitrogens is 2. The third-order valence-corrected chi connectivity index (χ3v) is 3.45. The molecule has 2 rings (SSSR count). The highest BCUT2D eigenvalue weighted by atomic mass is 127. The number of halogens is 1. The zero-order valence-electron chi connectivity index (χ0n) is 11.1. The molecular formula is C14H17IN4. The van der Waals surface area contributed by atoms with Gasteiger partial charge in [0.05, 0.1) is 0 Å². The summed E-state index contributed by atoms with van der Waals surface area (Å²) in [6, 6.07) is 8.22. The van der Waals surface area contributed by atoms with Gasteiger partial charge in [-0.3, -0.25) is 0 Å². The van der Waals surface area contributed by atoms with Crippen LogP contribution in [0.3, 0.4) is 0 Å². The topological polar surface area (TPSA) is 49.8 Å². The number of nitrogens with one attached hydrogen (secondary N) is 2. The van der Waals surface area contributed by atoms with Gasteiger partial charge in [0.15, 0.2) is 0 Å². The average molecular weight is 368 g/mol. The van der Waals surface area contributed by atoms with Crippen molar-refractivity contribution in [1.29, 1.82) is 0 Å². The minimum Gasteiger partial charge on any atom is -0.370 e. The van der Waals surface area contributed by atoms with E-state index in [1.165, 1.54) is 3.57 Å². The van der Waals surface area contributed by atoms with E-state index in [2.05, 4.69) is 62.2 Å². The van der Waals surface area contributed by atoms with Gasteiger partial charge in [0.1, 0.15) is 18.0 Å².